The van der Waals surface area contributed by atoms with Gasteiger partial charge in [-0.2, -0.15) is 0 Å². The normalized spacial score (nSPS) is 17.2. The number of aromatic nitrogens is 4. The summed E-state index contributed by atoms with van der Waals surface area (Å²) >= 11 is 0.890. The largest absolute Gasteiger partial charge is 0.341 e. The summed E-state index contributed by atoms with van der Waals surface area (Å²) in [5, 5.41) is 7.80. The van der Waals surface area contributed by atoms with Crippen molar-refractivity contribution >= 4 is 45.7 Å². The number of carbonyl (C=O) groups is 2. The number of hydrogen-bond acceptors (Lipinski definition) is 9. The summed E-state index contributed by atoms with van der Waals surface area (Å²) in [6.07, 6.45) is 11.0. The van der Waals surface area contributed by atoms with Crippen LogP contribution >= 0.6 is 11.8 Å². The van der Waals surface area contributed by atoms with Crippen molar-refractivity contribution in [3.8, 4) is 11.3 Å². The molecule has 0 atom stereocenters. The van der Waals surface area contributed by atoms with Crippen molar-refractivity contribution in [2.75, 3.05) is 24.5 Å². The fourth-order valence-corrected chi connectivity index (χ4v) is 5.63. The molecule has 9 nitrogen and oxygen atoms in total. The van der Waals surface area contributed by atoms with E-state index >= 15 is 0 Å². The molecule has 39 heavy (non-hydrogen) atoms. The monoisotopic (exact) mass is 537 g/mol. The predicted octanol–water partition coefficient (Wildman–Crippen LogP) is 4.42. The Kier molecular flexibility index (Phi) is 7.29. The number of carbonyl (C=O) groups excluding carboxylic acids is 2. The number of amides is 2. The van der Waals surface area contributed by atoms with Gasteiger partial charge in [-0.25, -0.2) is 9.97 Å². The molecule has 1 aromatic carbocycles. The van der Waals surface area contributed by atoms with E-state index in [9.17, 15) is 9.59 Å². The molecule has 2 aliphatic rings. The second kappa shape index (κ2) is 11.3. The lowest BCUT2D eigenvalue weighted by molar-refractivity contribution is -0.115. The lowest BCUT2D eigenvalue weighted by Gasteiger charge is -2.32. The summed E-state index contributed by atoms with van der Waals surface area (Å²) in [5.41, 5.74) is 3.79. The van der Waals surface area contributed by atoms with E-state index in [0.29, 0.717) is 22.5 Å². The lowest BCUT2D eigenvalue weighted by atomic mass is 9.97. The van der Waals surface area contributed by atoms with Gasteiger partial charge in [-0.3, -0.25) is 24.9 Å². The topological polar surface area (TPSA) is 113 Å². The smallest absolute Gasteiger partial charge is 0.290 e. The minimum absolute atomic E-state index is 0.351. The van der Waals surface area contributed by atoms with Crippen LogP contribution in [0.1, 0.15) is 24.1 Å². The Morgan fingerprint density at radius 1 is 1.05 bits per heavy atom. The van der Waals surface area contributed by atoms with Gasteiger partial charge in [-0.05, 0) is 72.3 Å². The average Bonchev–Trinajstić information content (AvgIpc) is 3.29. The summed E-state index contributed by atoms with van der Waals surface area (Å²) < 4.78 is 0. The van der Waals surface area contributed by atoms with E-state index in [1.165, 1.54) is 5.56 Å². The van der Waals surface area contributed by atoms with Gasteiger partial charge in [0.2, 0.25) is 5.95 Å². The summed E-state index contributed by atoms with van der Waals surface area (Å²) in [6, 6.07) is 14.2. The van der Waals surface area contributed by atoms with Gasteiger partial charge in [0.05, 0.1) is 16.3 Å². The molecule has 2 aliphatic heterocycles. The summed E-state index contributed by atoms with van der Waals surface area (Å²) in [7, 11) is 0. The second-order valence-electron chi connectivity index (χ2n) is 9.65. The number of anilines is 1. The fourth-order valence-electron chi connectivity index (χ4n) is 4.96. The van der Waals surface area contributed by atoms with Gasteiger partial charge >= 0.3 is 0 Å². The van der Waals surface area contributed by atoms with Crippen LogP contribution < -0.4 is 15.5 Å². The molecule has 0 bridgehead atoms. The molecule has 2 saturated heterocycles. The maximum atomic E-state index is 11.8. The number of fused-ring (bicyclic) bond motifs is 1. The van der Waals surface area contributed by atoms with Gasteiger partial charge in [0.25, 0.3) is 11.1 Å². The molecule has 2 fully saturated rings. The molecule has 2 amide bonds. The van der Waals surface area contributed by atoms with Crippen molar-refractivity contribution in [2.45, 2.75) is 19.4 Å². The molecule has 0 radical (unpaired) electrons. The predicted molar refractivity (Wildman–Crippen MR) is 153 cm³/mol. The van der Waals surface area contributed by atoms with E-state index < -0.39 is 0 Å². The van der Waals surface area contributed by atoms with E-state index in [4.69, 9.17) is 0 Å². The molecular formula is C29H27N7O2S. The minimum atomic E-state index is -0.382. The third-order valence-corrected chi connectivity index (χ3v) is 7.82. The summed E-state index contributed by atoms with van der Waals surface area (Å²) in [5.74, 6) is 0.837. The van der Waals surface area contributed by atoms with E-state index in [1.54, 1.807) is 18.3 Å². The van der Waals surface area contributed by atoms with Crippen molar-refractivity contribution in [1.82, 2.24) is 30.6 Å². The van der Waals surface area contributed by atoms with Crippen molar-refractivity contribution in [2.24, 2.45) is 5.92 Å². The first-order chi connectivity index (χ1) is 19.1. The molecule has 196 valence electrons. The summed E-state index contributed by atoms with van der Waals surface area (Å²) in [4.78, 5) is 43.8. The molecule has 0 aliphatic carbocycles. The molecular weight excluding hydrogens is 510 g/mol. The van der Waals surface area contributed by atoms with Gasteiger partial charge in [0.15, 0.2) is 0 Å². The highest BCUT2D eigenvalue weighted by Crippen LogP contribution is 2.27. The first-order valence-corrected chi connectivity index (χ1v) is 13.8. The highest BCUT2D eigenvalue weighted by molar-refractivity contribution is 8.18. The number of benzene rings is 1. The zero-order valence-electron chi connectivity index (χ0n) is 21.2. The quantitative estimate of drug-likeness (QED) is 0.331. The Hall–Kier alpha value is -4.15. The van der Waals surface area contributed by atoms with Crippen molar-refractivity contribution < 1.29 is 9.59 Å². The van der Waals surface area contributed by atoms with Crippen LogP contribution in [0.3, 0.4) is 0 Å². The number of piperidine rings is 1. The number of rotatable bonds is 7. The van der Waals surface area contributed by atoms with Crippen LogP contribution in [0.2, 0.25) is 0 Å². The Labute approximate surface area is 230 Å². The van der Waals surface area contributed by atoms with Crippen LogP contribution in [0.25, 0.3) is 28.1 Å². The first-order valence-electron chi connectivity index (χ1n) is 12.9. The van der Waals surface area contributed by atoms with Crippen LogP contribution in [0.4, 0.5) is 10.7 Å². The van der Waals surface area contributed by atoms with Crippen LogP contribution in [-0.4, -0.2) is 50.7 Å². The Balaban J connectivity index is 1.02. The average molecular weight is 538 g/mol. The second-order valence-corrected chi connectivity index (χ2v) is 10.7. The van der Waals surface area contributed by atoms with Crippen LogP contribution in [0.15, 0.2) is 72.2 Å². The van der Waals surface area contributed by atoms with Crippen LogP contribution in [0.5, 0.6) is 0 Å². The van der Waals surface area contributed by atoms with E-state index in [2.05, 4.69) is 59.7 Å². The Morgan fingerprint density at radius 3 is 2.74 bits per heavy atom. The first kappa shape index (κ1) is 25.1. The van der Waals surface area contributed by atoms with Crippen LogP contribution in [0, 0.1) is 5.92 Å². The molecule has 0 spiro atoms. The number of pyridine rings is 2. The van der Waals surface area contributed by atoms with Crippen molar-refractivity contribution in [1.29, 1.82) is 0 Å². The van der Waals surface area contributed by atoms with Crippen LogP contribution in [-0.2, 0) is 11.3 Å². The maximum Gasteiger partial charge on any atom is 0.290 e. The Morgan fingerprint density at radius 2 is 1.90 bits per heavy atom. The Bertz CT molecular complexity index is 1560. The zero-order valence-corrected chi connectivity index (χ0v) is 22.0. The third kappa shape index (κ3) is 5.81. The number of imide groups is 1. The minimum Gasteiger partial charge on any atom is -0.341 e. The highest BCUT2D eigenvalue weighted by atomic mass is 32.2. The molecule has 6 rings (SSSR count). The van der Waals surface area contributed by atoms with Gasteiger partial charge in [-0.1, -0.05) is 24.3 Å². The molecule has 10 heteroatoms. The van der Waals surface area contributed by atoms with E-state index in [0.717, 1.165) is 72.8 Å². The standard InChI is InChI=1S/C29H27N7O2S/c37-27-26(39-29(38)35-27)14-22-6-10-33-28(34-22)36-11-7-19(8-12-36)15-30-16-20-5-9-32-25(13-20)24-18-31-17-21-3-1-2-4-23(21)24/h1-6,9-10,13-14,17-19,30H,7-8,11-12,15-16H2,(H,35,37,38)/b26-14-. The molecule has 0 unspecified atom stereocenters. The highest BCUT2D eigenvalue weighted by Gasteiger charge is 2.25. The zero-order chi connectivity index (χ0) is 26.6. The molecule has 0 saturated carbocycles. The van der Waals surface area contributed by atoms with Gasteiger partial charge in [-0.15, -0.1) is 0 Å². The number of nitrogens with zero attached hydrogens (tertiary/aromatic N) is 5. The number of hydrogen-bond donors (Lipinski definition) is 2. The van der Waals surface area contributed by atoms with Crippen molar-refractivity contribution in [3.05, 3.63) is 83.4 Å². The molecule has 2 N–H and O–H groups in total. The summed E-state index contributed by atoms with van der Waals surface area (Å²) in [6.45, 7) is 3.46. The SMILES string of the molecule is O=C1NC(=O)/C(=C/c2ccnc(N3CCC(CNCc4ccnc(-c5cncc6ccccc56)c4)CC3)n2)S1. The lowest BCUT2D eigenvalue weighted by Crippen LogP contribution is -2.38. The maximum absolute atomic E-state index is 11.8. The number of thioether (sulfide) groups is 1. The van der Waals surface area contributed by atoms with Crippen molar-refractivity contribution in [3.63, 3.8) is 0 Å². The molecule has 3 aromatic heterocycles. The molecule has 5 heterocycles. The third-order valence-electron chi connectivity index (χ3n) is 7.01. The van der Waals surface area contributed by atoms with Gasteiger partial charge in [0, 0.05) is 55.4 Å². The van der Waals surface area contributed by atoms with E-state index in [-0.39, 0.29) is 11.1 Å². The van der Waals surface area contributed by atoms with Gasteiger partial charge in [0.1, 0.15) is 0 Å². The van der Waals surface area contributed by atoms with Gasteiger partial charge < -0.3 is 10.2 Å². The molecule has 4 aromatic rings. The fraction of sp³-hybridized carbons (Fsp3) is 0.241. The number of nitrogens with one attached hydrogen (secondary N) is 2. The van der Waals surface area contributed by atoms with E-state index in [1.807, 2.05) is 30.7 Å².